The van der Waals surface area contributed by atoms with Crippen LogP contribution in [0.3, 0.4) is 0 Å². The Labute approximate surface area is 140 Å². The zero-order valence-corrected chi connectivity index (χ0v) is 13.3. The van der Waals surface area contributed by atoms with E-state index >= 15 is 0 Å². The number of benzene rings is 2. The van der Waals surface area contributed by atoms with Gasteiger partial charge in [0.1, 0.15) is 5.37 Å². The number of hydrogen-bond donors (Lipinski definition) is 1. The lowest BCUT2D eigenvalue weighted by molar-refractivity contribution is -0.385. The van der Waals surface area contributed by atoms with Gasteiger partial charge in [0.05, 0.1) is 10.7 Å². The van der Waals surface area contributed by atoms with Gasteiger partial charge in [-0.25, -0.2) is 0 Å². The number of nitro benzene ring substituents is 1. The molecular weight excluding hydrogens is 340 g/mol. The maximum absolute atomic E-state index is 12.2. The standard InChI is InChI=1S/C15H11ClN2O4S/c16-10-2-4-11(5-3-10)17-14(20)8-23-15(17)9-1-6-13(19)12(7-9)18(21)22/h1-7,15,19H,8H2/t15-/m0/s1. The molecule has 6 nitrogen and oxygen atoms in total. The van der Waals surface area contributed by atoms with Crippen LogP contribution in [0.5, 0.6) is 5.75 Å². The summed E-state index contributed by atoms with van der Waals surface area (Å²) in [5.41, 5.74) is 0.879. The van der Waals surface area contributed by atoms with Crippen molar-refractivity contribution in [2.24, 2.45) is 0 Å². The first-order valence-corrected chi connectivity index (χ1v) is 8.06. The van der Waals surface area contributed by atoms with E-state index in [-0.39, 0.29) is 22.7 Å². The average Bonchev–Trinajstić information content (AvgIpc) is 2.90. The van der Waals surface area contributed by atoms with Crippen LogP contribution in [-0.2, 0) is 4.79 Å². The Hall–Kier alpha value is -2.25. The summed E-state index contributed by atoms with van der Waals surface area (Å²) in [6.07, 6.45) is 0. The fourth-order valence-electron chi connectivity index (χ4n) is 2.39. The van der Waals surface area contributed by atoms with Crippen molar-refractivity contribution in [1.29, 1.82) is 0 Å². The minimum atomic E-state index is -0.646. The van der Waals surface area contributed by atoms with E-state index in [0.29, 0.717) is 16.3 Å². The highest BCUT2D eigenvalue weighted by Gasteiger charge is 2.35. The number of nitro groups is 1. The third-order valence-corrected chi connectivity index (χ3v) is 4.92. The van der Waals surface area contributed by atoms with Gasteiger partial charge in [-0.15, -0.1) is 11.8 Å². The molecule has 8 heteroatoms. The highest BCUT2D eigenvalue weighted by Crippen LogP contribution is 2.43. The summed E-state index contributed by atoms with van der Waals surface area (Å²) in [7, 11) is 0. The van der Waals surface area contributed by atoms with E-state index in [2.05, 4.69) is 0 Å². The number of hydrogen-bond acceptors (Lipinski definition) is 5. The summed E-state index contributed by atoms with van der Waals surface area (Å²) in [5.74, 6) is -0.203. The number of rotatable bonds is 3. The number of aromatic hydroxyl groups is 1. The highest BCUT2D eigenvalue weighted by molar-refractivity contribution is 8.00. The molecule has 0 saturated carbocycles. The summed E-state index contributed by atoms with van der Waals surface area (Å²) < 4.78 is 0. The molecule has 2 aromatic rings. The van der Waals surface area contributed by atoms with Crippen molar-refractivity contribution in [3.63, 3.8) is 0 Å². The monoisotopic (exact) mass is 350 g/mol. The number of halogens is 1. The van der Waals surface area contributed by atoms with E-state index in [9.17, 15) is 20.0 Å². The van der Waals surface area contributed by atoms with Crippen LogP contribution in [0.1, 0.15) is 10.9 Å². The van der Waals surface area contributed by atoms with Crippen molar-refractivity contribution < 1.29 is 14.8 Å². The SMILES string of the molecule is O=C1CS[C@@H](c2ccc(O)c([N+](=O)[O-])c2)N1c1ccc(Cl)cc1. The summed E-state index contributed by atoms with van der Waals surface area (Å²) in [6.45, 7) is 0. The molecule has 1 aliphatic rings. The third kappa shape index (κ3) is 2.97. The van der Waals surface area contributed by atoms with Gasteiger partial charge < -0.3 is 5.11 Å². The Morgan fingerprint density at radius 3 is 2.61 bits per heavy atom. The van der Waals surface area contributed by atoms with Gasteiger partial charge in [-0.2, -0.15) is 0 Å². The van der Waals surface area contributed by atoms with Crippen molar-refractivity contribution >= 4 is 40.6 Å². The first-order valence-electron chi connectivity index (χ1n) is 6.64. The third-order valence-electron chi connectivity index (χ3n) is 3.45. The maximum atomic E-state index is 12.2. The predicted octanol–water partition coefficient (Wildman–Crippen LogP) is 3.73. The maximum Gasteiger partial charge on any atom is 0.311 e. The second-order valence-corrected chi connectivity index (χ2v) is 6.41. The molecule has 1 atom stereocenters. The van der Waals surface area contributed by atoms with Crippen molar-refractivity contribution in [3.05, 3.63) is 63.2 Å². The van der Waals surface area contributed by atoms with Crippen LogP contribution in [0.2, 0.25) is 5.02 Å². The fourth-order valence-corrected chi connectivity index (χ4v) is 3.68. The van der Waals surface area contributed by atoms with Gasteiger partial charge in [0, 0.05) is 16.8 Å². The van der Waals surface area contributed by atoms with Gasteiger partial charge in [0.25, 0.3) is 0 Å². The van der Waals surface area contributed by atoms with E-state index in [1.54, 1.807) is 35.2 Å². The van der Waals surface area contributed by atoms with Gasteiger partial charge in [-0.3, -0.25) is 19.8 Å². The molecule has 23 heavy (non-hydrogen) atoms. The summed E-state index contributed by atoms with van der Waals surface area (Å²) >= 11 is 7.25. The predicted molar refractivity (Wildman–Crippen MR) is 88.9 cm³/mol. The number of nitrogens with zero attached hydrogens (tertiary/aromatic N) is 2. The summed E-state index contributed by atoms with van der Waals surface area (Å²) in [4.78, 5) is 24.1. The Bertz CT molecular complexity index is 782. The number of phenols is 1. The lowest BCUT2D eigenvalue weighted by Gasteiger charge is -2.24. The number of phenolic OH excluding ortho intramolecular Hbond substituents is 1. The molecule has 0 spiro atoms. The van der Waals surface area contributed by atoms with Crippen molar-refractivity contribution in [1.82, 2.24) is 0 Å². The average molecular weight is 351 g/mol. The molecule has 1 N–H and O–H groups in total. The second-order valence-electron chi connectivity index (χ2n) is 4.91. The van der Waals surface area contributed by atoms with Crippen LogP contribution in [0.25, 0.3) is 0 Å². The van der Waals surface area contributed by atoms with E-state index in [1.807, 2.05) is 0 Å². The molecule has 1 saturated heterocycles. The van der Waals surface area contributed by atoms with Crippen LogP contribution < -0.4 is 4.90 Å². The lowest BCUT2D eigenvalue weighted by Crippen LogP contribution is -2.27. The highest BCUT2D eigenvalue weighted by atomic mass is 35.5. The Morgan fingerprint density at radius 2 is 1.96 bits per heavy atom. The molecule has 1 fully saturated rings. The first kappa shape index (κ1) is 15.6. The number of thioether (sulfide) groups is 1. The van der Waals surface area contributed by atoms with Crippen LogP contribution >= 0.6 is 23.4 Å². The summed E-state index contributed by atoms with van der Waals surface area (Å²) in [6, 6.07) is 11.0. The minimum Gasteiger partial charge on any atom is -0.502 e. The normalized spacial score (nSPS) is 17.5. The fraction of sp³-hybridized carbons (Fsp3) is 0.133. The zero-order chi connectivity index (χ0) is 16.6. The summed E-state index contributed by atoms with van der Waals surface area (Å²) in [5, 5.41) is 20.7. The van der Waals surface area contributed by atoms with Gasteiger partial charge in [-0.05, 0) is 35.9 Å². The van der Waals surface area contributed by atoms with Crippen LogP contribution in [0, 0.1) is 10.1 Å². The quantitative estimate of drug-likeness (QED) is 0.673. The molecule has 1 amide bonds. The Kier molecular flexibility index (Phi) is 4.14. The number of carbonyl (C=O) groups excluding carboxylic acids is 1. The van der Waals surface area contributed by atoms with Crippen LogP contribution in [-0.4, -0.2) is 21.7 Å². The van der Waals surface area contributed by atoms with Crippen molar-refractivity contribution in [3.8, 4) is 5.75 Å². The first-order chi connectivity index (χ1) is 11.0. The molecule has 118 valence electrons. The van der Waals surface area contributed by atoms with E-state index in [1.165, 1.54) is 23.9 Å². The molecule has 0 aliphatic carbocycles. The lowest BCUT2D eigenvalue weighted by atomic mass is 10.1. The largest absolute Gasteiger partial charge is 0.502 e. The zero-order valence-electron chi connectivity index (χ0n) is 11.7. The van der Waals surface area contributed by atoms with Gasteiger partial charge >= 0.3 is 5.69 Å². The van der Waals surface area contributed by atoms with Crippen molar-refractivity contribution in [2.75, 3.05) is 10.7 Å². The molecular formula is C15H11ClN2O4S. The van der Waals surface area contributed by atoms with Crippen molar-refractivity contribution in [2.45, 2.75) is 5.37 Å². The molecule has 1 heterocycles. The molecule has 0 bridgehead atoms. The van der Waals surface area contributed by atoms with E-state index < -0.39 is 10.7 Å². The smallest absolute Gasteiger partial charge is 0.311 e. The Morgan fingerprint density at radius 1 is 1.26 bits per heavy atom. The van der Waals surface area contributed by atoms with Gasteiger partial charge in [-0.1, -0.05) is 17.7 Å². The van der Waals surface area contributed by atoms with Crippen LogP contribution in [0.4, 0.5) is 11.4 Å². The molecule has 0 radical (unpaired) electrons. The minimum absolute atomic E-state index is 0.0851. The molecule has 1 aliphatic heterocycles. The number of amides is 1. The number of anilines is 1. The van der Waals surface area contributed by atoms with Gasteiger partial charge in [0.15, 0.2) is 5.75 Å². The molecule has 0 unspecified atom stereocenters. The van der Waals surface area contributed by atoms with E-state index in [4.69, 9.17) is 11.6 Å². The van der Waals surface area contributed by atoms with Gasteiger partial charge in [0.2, 0.25) is 5.91 Å². The van der Waals surface area contributed by atoms with Crippen LogP contribution in [0.15, 0.2) is 42.5 Å². The Balaban J connectivity index is 2.01. The molecule has 0 aromatic heterocycles. The molecule has 3 rings (SSSR count). The van der Waals surface area contributed by atoms with E-state index in [0.717, 1.165) is 0 Å². The topological polar surface area (TPSA) is 83.7 Å². The molecule has 2 aromatic carbocycles. The second kappa shape index (κ2) is 6.10. The number of carbonyl (C=O) groups is 1.